The van der Waals surface area contributed by atoms with Gasteiger partial charge in [-0.05, 0) is 48.2 Å². The normalized spacial score (nSPS) is 11.5. The summed E-state index contributed by atoms with van der Waals surface area (Å²) >= 11 is 1.26. The Morgan fingerprint density at radius 2 is 1.66 bits per heavy atom. The Bertz CT molecular complexity index is 1570. The van der Waals surface area contributed by atoms with E-state index in [2.05, 4.69) is 4.98 Å². The zero-order valence-corrected chi connectivity index (χ0v) is 21.6. The number of ether oxygens (including phenoxy) is 3. The molecule has 2 aromatic heterocycles. The largest absolute Gasteiger partial charge is 0.497 e. The van der Waals surface area contributed by atoms with Crippen LogP contribution in [-0.2, 0) is 6.54 Å². The van der Waals surface area contributed by atoms with Gasteiger partial charge < -0.3 is 18.8 Å². The van der Waals surface area contributed by atoms with Crippen LogP contribution < -0.4 is 25.3 Å². The SMILES string of the molecule is CCSc1nc2c(=O)n(Cc3ccc(OC)cc3OC)ccc2c(=O)n1-c1ccc(OCC(F)(F)F)cc1. The van der Waals surface area contributed by atoms with E-state index in [9.17, 15) is 22.8 Å². The third kappa shape index (κ3) is 5.80. The zero-order chi connectivity index (χ0) is 27.4. The first kappa shape index (κ1) is 27.1. The molecular weight excluding hydrogens is 523 g/mol. The Kier molecular flexibility index (Phi) is 8.00. The summed E-state index contributed by atoms with van der Waals surface area (Å²) in [5.41, 5.74) is 0.216. The first-order valence-corrected chi connectivity index (χ1v) is 12.4. The van der Waals surface area contributed by atoms with Gasteiger partial charge in [-0.1, -0.05) is 18.7 Å². The predicted octanol–water partition coefficient (Wildman–Crippen LogP) is 4.67. The number of aromatic nitrogens is 3. The molecule has 0 bridgehead atoms. The van der Waals surface area contributed by atoms with Gasteiger partial charge in [-0.15, -0.1) is 0 Å². The second-order valence-electron chi connectivity index (χ2n) is 8.05. The molecule has 0 aliphatic rings. The van der Waals surface area contributed by atoms with Crippen molar-refractivity contribution in [2.45, 2.75) is 24.8 Å². The highest BCUT2D eigenvalue weighted by Gasteiger charge is 2.28. The lowest BCUT2D eigenvalue weighted by atomic mass is 10.2. The second kappa shape index (κ2) is 11.2. The summed E-state index contributed by atoms with van der Waals surface area (Å²) in [7, 11) is 3.07. The Morgan fingerprint density at radius 1 is 0.947 bits per heavy atom. The summed E-state index contributed by atoms with van der Waals surface area (Å²) in [5, 5.41) is 0.400. The number of hydrogen-bond donors (Lipinski definition) is 0. The maximum Gasteiger partial charge on any atom is 0.422 e. The molecule has 2 heterocycles. The van der Waals surface area contributed by atoms with E-state index in [0.29, 0.717) is 22.9 Å². The van der Waals surface area contributed by atoms with Crippen LogP contribution in [0.2, 0.25) is 0 Å². The van der Waals surface area contributed by atoms with Gasteiger partial charge in [0, 0.05) is 17.8 Å². The first-order valence-electron chi connectivity index (χ1n) is 11.4. The van der Waals surface area contributed by atoms with Crippen molar-refractivity contribution in [2.24, 2.45) is 0 Å². The topological polar surface area (TPSA) is 84.6 Å². The summed E-state index contributed by atoms with van der Waals surface area (Å²) in [6, 6.07) is 12.4. The molecule has 0 spiro atoms. The number of methoxy groups -OCH3 is 2. The van der Waals surface area contributed by atoms with Gasteiger partial charge in [0.1, 0.15) is 22.8 Å². The maximum atomic E-state index is 13.5. The number of nitrogens with zero attached hydrogens (tertiary/aromatic N) is 3. The average Bonchev–Trinajstić information content (AvgIpc) is 2.90. The quantitative estimate of drug-likeness (QED) is 0.223. The Balaban J connectivity index is 1.75. The van der Waals surface area contributed by atoms with Crippen molar-refractivity contribution >= 4 is 22.7 Å². The third-order valence-electron chi connectivity index (χ3n) is 5.58. The molecule has 4 rings (SSSR count). The first-order chi connectivity index (χ1) is 18.1. The standard InChI is InChI=1S/C26H24F3N3O5S/c1-4-38-25-30-22-20(23(33)32(25)17-6-9-18(10-7-17)37-15-26(27,28)29)11-12-31(24(22)34)14-16-5-8-19(35-2)13-21(16)36-3/h5-13H,4,14-15H2,1-3H3. The highest BCUT2D eigenvalue weighted by atomic mass is 32.2. The van der Waals surface area contributed by atoms with Crippen LogP contribution in [0.4, 0.5) is 13.2 Å². The van der Waals surface area contributed by atoms with E-state index in [-0.39, 0.29) is 28.4 Å². The molecule has 0 aliphatic carbocycles. The van der Waals surface area contributed by atoms with Crippen LogP contribution in [0.3, 0.4) is 0 Å². The van der Waals surface area contributed by atoms with E-state index >= 15 is 0 Å². The van der Waals surface area contributed by atoms with Crippen molar-refractivity contribution in [3.63, 3.8) is 0 Å². The lowest BCUT2D eigenvalue weighted by Crippen LogP contribution is -2.28. The lowest BCUT2D eigenvalue weighted by Gasteiger charge is -2.15. The fourth-order valence-corrected chi connectivity index (χ4v) is 4.53. The molecule has 0 saturated heterocycles. The molecule has 0 unspecified atom stereocenters. The van der Waals surface area contributed by atoms with Crippen LogP contribution in [0.15, 0.2) is 69.5 Å². The minimum atomic E-state index is -4.46. The van der Waals surface area contributed by atoms with Crippen molar-refractivity contribution in [3.8, 4) is 22.9 Å². The van der Waals surface area contributed by atoms with Gasteiger partial charge in [-0.25, -0.2) is 4.98 Å². The number of halogens is 3. The van der Waals surface area contributed by atoms with Gasteiger partial charge in [0.2, 0.25) is 0 Å². The summed E-state index contributed by atoms with van der Waals surface area (Å²) < 4.78 is 55.5. The molecule has 12 heteroatoms. The lowest BCUT2D eigenvalue weighted by molar-refractivity contribution is -0.153. The van der Waals surface area contributed by atoms with Crippen LogP contribution in [0.1, 0.15) is 12.5 Å². The molecule has 38 heavy (non-hydrogen) atoms. The van der Waals surface area contributed by atoms with Gasteiger partial charge in [-0.3, -0.25) is 14.2 Å². The van der Waals surface area contributed by atoms with E-state index in [1.54, 1.807) is 25.3 Å². The third-order valence-corrected chi connectivity index (χ3v) is 6.40. The number of fused-ring (bicyclic) bond motifs is 1. The van der Waals surface area contributed by atoms with Gasteiger partial charge >= 0.3 is 6.18 Å². The molecule has 0 radical (unpaired) electrons. The van der Waals surface area contributed by atoms with Crippen molar-refractivity contribution in [1.29, 1.82) is 0 Å². The molecule has 0 atom stereocenters. The molecule has 0 fully saturated rings. The van der Waals surface area contributed by atoms with Gasteiger partial charge in [0.05, 0.1) is 31.8 Å². The highest BCUT2D eigenvalue weighted by molar-refractivity contribution is 7.99. The summed E-state index contributed by atoms with van der Waals surface area (Å²) in [4.78, 5) is 31.4. The van der Waals surface area contributed by atoms with Crippen molar-refractivity contribution in [2.75, 3.05) is 26.6 Å². The van der Waals surface area contributed by atoms with Crippen LogP contribution in [0.5, 0.6) is 17.2 Å². The monoisotopic (exact) mass is 547 g/mol. The fraction of sp³-hybridized carbons (Fsp3) is 0.269. The molecule has 0 N–H and O–H groups in total. The van der Waals surface area contributed by atoms with E-state index in [1.807, 2.05) is 6.92 Å². The molecule has 8 nitrogen and oxygen atoms in total. The van der Waals surface area contributed by atoms with E-state index < -0.39 is 23.9 Å². The molecule has 0 aliphatic heterocycles. The average molecular weight is 548 g/mol. The number of alkyl halides is 3. The van der Waals surface area contributed by atoms with E-state index in [0.717, 1.165) is 5.56 Å². The number of rotatable bonds is 9. The van der Waals surface area contributed by atoms with Crippen molar-refractivity contribution in [1.82, 2.24) is 14.1 Å². The van der Waals surface area contributed by atoms with E-state index in [1.165, 1.54) is 64.5 Å². The number of hydrogen-bond acceptors (Lipinski definition) is 7. The molecule has 4 aromatic rings. The zero-order valence-electron chi connectivity index (χ0n) is 20.7. The molecule has 0 saturated carbocycles. The summed E-state index contributed by atoms with van der Waals surface area (Å²) in [6.07, 6.45) is -2.95. The molecule has 2 aromatic carbocycles. The maximum absolute atomic E-state index is 13.5. The second-order valence-corrected chi connectivity index (χ2v) is 9.29. The Morgan fingerprint density at radius 3 is 2.29 bits per heavy atom. The van der Waals surface area contributed by atoms with Crippen molar-refractivity contribution in [3.05, 3.63) is 81.0 Å². The van der Waals surface area contributed by atoms with Crippen LogP contribution in [0.25, 0.3) is 16.6 Å². The molecule has 200 valence electrons. The van der Waals surface area contributed by atoms with Crippen molar-refractivity contribution < 1.29 is 27.4 Å². The molecular formula is C26H24F3N3O5S. The number of thioether (sulfide) groups is 1. The van der Waals surface area contributed by atoms with Gasteiger partial charge in [-0.2, -0.15) is 13.2 Å². The van der Waals surface area contributed by atoms with E-state index in [4.69, 9.17) is 14.2 Å². The van der Waals surface area contributed by atoms with Crippen LogP contribution in [0, 0.1) is 0 Å². The van der Waals surface area contributed by atoms with Crippen LogP contribution >= 0.6 is 11.8 Å². The molecule has 0 amide bonds. The minimum absolute atomic E-state index is 0.00872. The predicted molar refractivity (Wildman–Crippen MR) is 138 cm³/mol. The number of benzene rings is 2. The van der Waals surface area contributed by atoms with Gasteiger partial charge in [0.15, 0.2) is 11.8 Å². The smallest absolute Gasteiger partial charge is 0.422 e. The number of pyridine rings is 1. The summed E-state index contributed by atoms with van der Waals surface area (Å²) in [5.74, 6) is 1.73. The summed E-state index contributed by atoms with van der Waals surface area (Å²) in [6.45, 7) is 0.635. The highest BCUT2D eigenvalue weighted by Crippen LogP contribution is 2.26. The fourth-order valence-electron chi connectivity index (χ4n) is 3.80. The van der Waals surface area contributed by atoms with Crippen LogP contribution in [-0.4, -0.2) is 46.9 Å². The Hall–Kier alpha value is -3.93. The van der Waals surface area contributed by atoms with Gasteiger partial charge in [0.25, 0.3) is 11.1 Å². The Labute approximate surface area is 219 Å². The minimum Gasteiger partial charge on any atom is -0.497 e.